The molecule has 4 heteroatoms. The van der Waals surface area contributed by atoms with Crippen molar-refractivity contribution in [2.75, 3.05) is 6.61 Å². The topological polar surface area (TPSA) is 26.3 Å². The second kappa shape index (κ2) is 6.06. The molecule has 0 atom stereocenters. The summed E-state index contributed by atoms with van der Waals surface area (Å²) in [6.07, 6.45) is 2.27. The molecule has 1 aliphatic heterocycles. The first kappa shape index (κ1) is 17.0. The fraction of sp³-hybridized carbons (Fsp3) is 0.611. The van der Waals surface area contributed by atoms with Crippen molar-refractivity contribution in [3.63, 3.8) is 0 Å². The van der Waals surface area contributed by atoms with Gasteiger partial charge in [-0.05, 0) is 35.4 Å². The zero-order chi connectivity index (χ0) is 16.5. The third-order valence-corrected chi connectivity index (χ3v) is 5.53. The largest absolute Gasteiger partial charge is 0.466 e. The van der Waals surface area contributed by atoms with Gasteiger partial charge in [-0.3, -0.25) is 4.79 Å². The van der Waals surface area contributed by atoms with Crippen molar-refractivity contribution in [1.82, 2.24) is 0 Å². The molecule has 0 unspecified atom stereocenters. The van der Waals surface area contributed by atoms with Crippen LogP contribution in [0.15, 0.2) is 18.2 Å². The monoisotopic (exact) mass is 304 g/mol. The minimum Gasteiger partial charge on any atom is -0.466 e. The highest BCUT2D eigenvalue weighted by Gasteiger charge is 2.48. The van der Waals surface area contributed by atoms with Gasteiger partial charge in [0.25, 0.3) is 0 Å². The molecule has 0 N–H and O–H groups in total. The Morgan fingerprint density at radius 1 is 1.23 bits per heavy atom. The number of ether oxygens (including phenoxy) is 1. The Balaban J connectivity index is 2.30. The summed E-state index contributed by atoms with van der Waals surface area (Å²) in [6.45, 7) is 11.7. The molecule has 1 fully saturated rings. The lowest BCUT2D eigenvalue weighted by molar-refractivity contribution is -0.142. The second-order valence-electron chi connectivity index (χ2n) is 7.70. The van der Waals surface area contributed by atoms with Crippen molar-refractivity contribution in [1.29, 1.82) is 0 Å². The van der Waals surface area contributed by atoms with Crippen molar-refractivity contribution in [3.8, 4) is 0 Å². The van der Waals surface area contributed by atoms with Gasteiger partial charge in [0.2, 0.25) is 0 Å². The van der Waals surface area contributed by atoms with Crippen molar-refractivity contribution in [2.24, 2.45) is 10.8 Å². The average molecular weight is 304 g/mol. The third kappa shape index (κ3) is 3.36. The molecule has 120 valence electrons. The van der Waals surface area contributed by atoms with Gasteiger partial charge in [0.05, 0.1) is 13.0 Å². The molecular weight excluding hydrogens is 278 g/mol. The molecule has 2 nitrogen and oxygen atoms in total. The van der Waals surface area contributed by atoms with E-state index in [2.05, 4.69) is 27.7 Å². The number of hydrogen-bond donors (Lipinski definition) is 0. The Morgan fingerprint density at radius 3 is 2.36 bits per heavy atom. The highest BCUT2D eigenvalue weighted by Crippen LogP contribution is 2.52. The van der Waals surface area contributed by atoms with Crippen LogP contribution in [0.3, 0.4) is 0 Å². The van der Waals surface area contributed by atoms with Gasteiger partial charge in [-0.2, -0.15) is 0 Å². The zero-order valence-corrected chi connectivity index (χ0v) is 14.3. The van der Waals surface area contributed by atoms with Crippen LogP contribution in [0.25, 0.3) is 0 Å². The lowest BCUT2D eigenvalue weighted by atomic mass is 9.41. The number of benzene rings is 1. The molecular formula is C18H26BFO2. The van der Waals surface area contributed by atoms with E-state index in [0.717, 1.165) is 23.7 Å². The van der Waals surface area contributed by atoms with Gasteiger partial charge in [0, 0.05) is 0 Å². The highest BCUT2D eigenvalue weighted by molar-refractivity contribution is 6.74. The van der Waals surface area contributed by atoms with E-state index in [1.165, 1.54) is 12.1 Å². The molecule has 22 heavy (non-hydrogen) atoms. The predicted octanol–water partition coefficient (Wildman–Crippen LogP) is 3.70. The van der Waals surface area contributed by atoms with Gasteiger partial charge >= 0.3 is 5.97 Å². The number of rotatable bonds is 4. The van der Waals surface area contributed by atoms with Crippen LogP contribution >= 0.6 is 0 Å². The molecule has 0 spiro atoms. The van der Waals surface area contributed by atoms with Gasteiger partial charge in [-0.15, -0.1) is 0 Å². The maximum Gasteiger partial charge on any atom is 0.310 e. The number of carbonyl (C=O) groups is 1. The van der Waals surface area contributed by atoms with E-state index >= 15 is 0 Å². The molecule has 0 saturated carbocycles. The van der Waals surface area contributed by atoms with Gasteiger partial charge in [-0.25, -0.2) is 4.39 Å². The van der Waals surface area contributed by atoms with Crippen molar-refractivity contribution < 1.29 is 13.9 Å². The summed E-state index contributed by atoms with van der Waals surface area (Å²) in [4.78, 5) is 11.8. The van der Waals surface area contributed by atoms with Crippen LogP contribution in [0.5, 0.6) is 0 Å². The van der Waals surface area contributed by atoms with E-state index in [1.807, 2.05) is 6.07 Å². The molecule has 0 aromatic heterocycles. The SMILES string of the molecule is CCOC(=O)Cc1cc(F)ccc1B1CC(C)(C)C(C)(C)C1. The summed E-state index contributed by atoms with van der Waals surface area (Å²) in [7, 11) is 0. The van der Waals surface area contributed by atoms with Gasteiger partial charge in [-0.1, -0.05) is 51.9 Å². The zero-order valence-electron chi connectivity index (χ0n) is 14.3. The quantitative estimate of drug-likeness (QED) is 0.626. The molecule has 1 saturated heterocycles. The number of carbonyl (C=O) groups excluding carboxylic acids is 1. The molecule has 1 aliphatic rings. The molecule has 2 rings (SSSR count). The number of esters is 1. The highest BCUT2D eigenvalue weighted by atomic mass is 19.1. The van der Waals surface area contributed by atoms with E-state index in [1.54, 1.807) is 6.92 Å². The summed E-state index contributed by atoms with van der Waals surface area (Å²) < 4.78 is 18.6. The van der Waals surface area contributed by atoms with Crippen molar-refractivity contribution >= 4 is 18.1 Å². The van der Waals surface area contributed by atoms with E-state index in [4.69, 9.17) is 4.74 Å². The van der Waals surface area contributed by atoms with E-state index in [9.17, 15) is 9.18 Å². The summed E-state index contributed by atoms with van der Waals surface area (Å²) in [6, 6.07) is 4.85. The number of hydrogen-bond acceptors (Lipinski definition) is 2. The van der Waals surface area contributed by atoms with Crippen LogP contribution in [-0.4, -0.2) is 19.3 Å². The Labute approximate surface area is 133 Å². The Kier molecular flexibility index (Phi) is 4.69. The van der Waals surface area contributed by atoms with E-state index < -0.39 is 0 Å². The van der Waals surface area contributed by atoms with Gasteiger partial charge in [0.15, 0.2) is 6.71 Å². The normalized spacial score (nSPS) is 19.3. The van der Waals surface area contributed by atoms with Gasteiger partial charge < -0.3 is 4.74 Å². The van der Waals surface area contributed by atoms with Gasteiger partial charge in [0.1, 0.15) is 5.82 Å². The van der Waals surface area contributed by atoms with Crippen LogP contribution in [0.1, 0.15) is 40.2 Å². The van der Waals surface area contributed by atoms with Crippen LogP contribution in [0.4, 0.5) is 4.39 Å². The lowest BCUT2D eigenvalue weighted by Crippen LogP contribution is -2.32. The van der Waals surface area contributed by atoms with Crippen molar-refractivity contribution in [2.45, 2.75) is 53.7 Å². The first-order valence-corrected chi connectivity index (χ1v) is 8.10. The summed E-state index contributed by atoms with van der Waals surface area (Å²) in [5, 5.41) is 0. The Hall–Kier alpha value is -1.32. The Morgan fingerprint density at radius 2 is 1.82 bits per heavy atom. The maximum atomic E-state index is 13.6. The van der Waals surface area contributed by atoms with E-state index in [-0.39, 0.29) is 29.0 Å². The minimum atomic E-state index is -0.292. The first-order valence-electron chi connectivity index (χ1n) is 8.10. The minimum absolute atomic E-state index is 0.151. The predicted molar refractivity (Wildman–Crippen MR) is 89.3 cm³/mol. The molecule has 0 bridgehead atoms. The summed E-state index contributed by atoms with van der Waals surface area (Å²) in [5.74, 6) is -0.578. The maximum absolute atomic E-state index is 13.6. The Bertz CT molecular complexity index is 550. The van der Waals surface area contributed by atoms with Crippen LogP contribution in [0, 0.1) is 16.6 Å². The second-order valence-corrected chi connectivity index (χ2v) is 7.70. The number of halogens is 1. The summed E-state index contributed by atoms with van der Waals surface area (Å²) >= 11 is 0. The fourth-order valence-electron chi connectivity index (χ4n) is 3.57. The molecule has 1 heterocycles. The third-order valence-electron chi connectivity index (χ3n) is 5.53. The molecule has 0 amide bonds. The standard InChI is InChI=1S/C18H26BFO2/c1-6-22-16(21)10-13-9-14(20)7-8-15(13)19-11-17(2,3)18(4,5)12-19/h7-9H,6,10-12H2,1-5H3. The molecule has 1 aromatic rings. The fourth-order valence-corrected chi connectivity index (χ4v) is 3.57. The molecule has 1 aromatic carbocycles. The molecule has 0 aliphatic carbocycles. The van der Waals surface area contributed by atoms with E-state index in [0.29, 0.717) is 13.3 Å². The smallest absolute Gasteiger partial charge is 0.310 e. The molecule has 0 radical (unpaired) electrons. The summed E-state index contributed by atoms with van der Waals surface area (Å²) in [5.41, 5.74) is 2.34. The van der Waals surface area contributed by atoms with Crippen molar-refractivity contribution in [3.05, 3.63) is 29.6 Å². The first-order chi connectivity index (χ1) is 10.2. The van der Waals surface area contributed by atoms with Crippen LogP contribution in [0.2, 0.25) is 12.6 Å². The van der Waals surface area contributed by atoms with Crippen LogP contribution < -0.4 is 5.46 Å². The lowest BCUT2D eigenvalue weighted by Gasteiger charge is -2.35. The van der Waals surface area contributed by atoms with Crippen LogP contribution in [-0.2, 0) is 16.0 Å². The average Bonchev–Trinajstić information content (AvgIpc) is 2.58.